The molecule has 0 heterocycles. The van der Waals surface area contributed by atoms with Gasteiger partial charge in [0.2, 0.25) is 11.8 Å². The summed E-state index contributed by atoms with van der Waals surface area (Å²) in [7, 11) is 0.979. The lowest BCUT2D eigenvalue weighted by Gasteiger charge is -2.27. The van der Waals surface area contributed by atoms with Crippen LogP contribution >= 0.6 is 0 Å². The summed E-state index contributed by atoms with van der Waals surface area (Å²) in [6.45, 7) is 9.08. The van der Waals surface area contributed by atoms with Crippen molar-refractivity contribution in [2.45, 2.75) is 77.5 Å². The summed E-state index contributed by atoms with van der Waals surface area (Å²) >= 11 is 0. The van der Waals surface area contributed by atoms with E-state index in [0.717, 1.165) is 7.11 Å². The van der Waals surface area contributed by atoms with E-state index >= 15 is 0 Å². The molecule has 0 aromatic heterocycles. The van der Waals surface area contributed by atoms with Gasteiger partial charge in [0.1, 0.15) is 24.8 Å². The zero-order chi connectivity index (χ0) is 29.8. The highest BCUT2D eigenvalue weighted by Crippen LogP contribution is 2.10. The van der Waals surface area contributed by atoms with E-state index in [1.54, 1.807) is 71.9 Å². The van der Waals surface area contributed by atoms with Gasteiger partial charge in [0.05, 0.1) is 19.3 Å². The number of esters is 2. The van der Waals surface area contributed by atoms with Gasteiger partial charge < -0.3 is 40.0 Å². The van der Waals surface area contributed by atoms with Crippen molar-refractivity contribution >= 4 is 29.8 Å². The van der Waals surface area contributed by atoms with Crippen molar-refractivity contribution in [3.63, 3.8) is 0 Å². The molecule has 0 aliphatic rings. The van der Waals surface area contributed by atoms with E-state index in [2.05, 4.69) is 20.7 Å². The van der Waals surface area contributed by atoms with E-state index < -0.39 is 65.8 Å². The van der Waals surface area contributed by atoms with Crippen LogP contribution in [0, 0.1) is 0 Å². The zero-order valence-corrected chi connectivity index (χ0v) is 23.4. The second kappa shape index (κ2) is 15.0. The molecule has 0 unspecified atom stereocenters. The molecule has 0 fully saturated rings. The molecule has 0 radical (unpaired) electrons. The minimum atomic E-state index is -2.13. The first-order valence-electron chi connectivity index (χ1n) is 12.2. The third kappa shape index (κ3) is 13.6. The number of nitrogens with one attached hydrogen (secondary N) is 3. The second-order valence-electron chi connectivity index (χ2n) is 10.4. The first-order chi connectivity index (χ1) is 18.0. The number of carbonyl (C=O) groups is 5. The Balaban J connectivity index is 3.01. The summed E-state index contributed by atoms with van der Waals surface area (Å²) in [5.74, 6) is -4.10. The Morgan fingerprint density at radius 3 is 2.05 bits per heavy atom. The lowest BCUT2D eigenvalue weighted by atomic mass is 10.1. The molecule has 0 spiro atoms. The van der Waals surface area contributed by atoms with Crippen molar-refractivity contribution in [2.75, 3.05) is 20.3 Å². The van der Waals surface area contributed by atoms with Gasteiger partial charge in [-0.1, -0.05) is 30.3 Å². The Labute approximate surface area is 227 Å². The lowest BCUT2D eigenvalue weighted by Crippen LogP contribution is -2.60. The number of benzene rings is 1. The van der Waals surface area contributed by atoms with E-state index in [9.17, 15) is 29.1 Å². The van der Waals surface area contributed by atoms with Crippen LogP contribution in [0.15, 0.2) is 30.3 Å². The Kier molecular flexibility index (Phi) is 12.8. The SMILES string of the molecule is COC(=O)[C@@H](O)[C@H](NC(=O)CNC(=O)OC(C)(C)C)C(=O)N[C@@H](COC(C)(C)C)C(=O)OCc1ccccc1. The number of alkyl carbamates (subject to hydrolysis) is 1. The number of amides is 3. The van der Waals surface area contributed by atoms with E-state index in [0.29, 0.717) is 5.56 Å². The molecule has 0 aliphatic heterocycles. The largest absolute Gasteiger partial charge is 0.467 e. The minimum absolute atomic E-state index is 0.0805. The molecule has 0 saturated heterocycles. The molecular formula is C26H39N3O10. The van der Waals surface area contributed by atoms with Crippen molar-refractivity contribution in [3.8, 4) is 0 Å². The maximum atomic E-state index is 13.1. The summed E-state index contributed by atoms with van der Waals surface area (Å²) in [5.41, 5.74) is -0.796. The number of methoxy groups -OCH3 is 1. The highest BCUT2D eigenvalue weighted by atomic mass is 16.6. The Morgan fingerprint density at radius 1 is 0.897 bits per heavy atom. The Bertz CT molecular complexity index is 986. The zero-order valence-electron chi connectivity index (χ0n) is 23.4. The molecule has 13 nitrogen and oxygen atoms in total. The minimum Gasteiger partial charge on any atom is -0.467 e. The molecule has 3 amide bonds. The normalized spacial score (nSPS) is 13.7. The van der Waals surface area contributed by atoms with Crippen molar-refractivity contribution in [1.82, 2.24) is 16.0 Å². The van der Waals surface area contributed by atoms with Gasteiger partial charge in [0, 0.05) is 0 Å². The van der Waals surface area contributed by atoms with Crippen LogP contribution in [-0.4, -0.2) is 84.6 Å². The van der Waals surface area contributed by atoms with Gasteiger partial charge in [-0.3, -0.25) is 9.59 Å². The average Bonchev–Trinajstić information content (AvgIpc) is 2.85. The maximum Gasteiger partial charge on any atom is 0.408 e. The molecule has 3 atom stereocenters. The first kappa shape index (κ1) is 33.3. The third-order valence-electron chi connectivity index (χ3n) is 4.66. The molecule has 0 saturated carbocycles. The Hall–Kier alpha value is -3.71. The van der Waals surface area contributed by atoms with E-state index in [-0.39, 0.29) is 13.2 Å². The highest BCUT2D eigenvalue weighted by molar-refractivity contribution is 5.95. The van der Waals surface area contributed by atoms with Gasteiger partial charge in [-0.2, -0.15) is 0 Å². The maximum absolute atomic E-state index is 13.1. The predicted octanol–water partition coefficient (Wildman–Crippen LogP) is 0.573. The summed E-state index contributed by atoms with van der Waals surface area (Å²) in [6.07, 6.45) is -3.03. The van der Waals surface area contributed by atoms with Gasteiger partial charge in [0.25, 0.3) is 0 Å². The Morgan fingerprint density at radius 2 is 1.51 bits per heavy atom. The van der Waals surface area contributed by atoms with Gasteiger partial charge in [-0.05, 0) is 47.1 Å². The number of ether oxygens (including phenoxy) is 4. The van der Waals surface area contributed by atoms with Crippen LogP contribution in [0.2, 0.25) is 0 Å². The number of aliphatic hydroxyl groups is 1. The van der Waals surface area contributed by atoms with Crippen LogP contribution in [0.4, 0.5) is 4.79 Å². The summed E-state index contributed by atoms with van der Waals surface area (Å²) in [6, 6.07) is 5.59. The van der Waals surface area contributed by atoms with Crippen molar-refractivity contribution in [3.05, 3.63) is 35.9 Å². The molecule has 1 aromatic carbocycles. The standard InChI is InChI=1S/C26H39N3O10/c1-25(2,3)38-15-17(22(33)37-14-16-11-9-8-10-12-16)28-21(32)19(20(31)23(34)36-7)29-18(30)13-27-24(35)39-26(4,5)6/h8-12,17,19-20,31H,13-15H2,1-7H3,(H,27,35)(H,28,32)(H,29,30)/t17-,19-,20-/m0/s1. The monoisotopic (exact) mass is 553 g/mol. The number of hydrogen-bond acceptors (Lipinski definition) is 10. The van der Waals surface area contributed by atoms with Crippen molar-refractivity contribution in [1.29, 1.82) is 0 Å². The second-order valence-corrected chi connectivity index (χ2v) is 10.4. The smallest absolute Gasteiger partial charge is 0.408 e. The van der Waals surface area contributed by atoms with E-state index in [1.165, 1.54) is 0 Å². The predicted molar refractivity (Wildman–Crippen MR) is 138 cm³/mol. The quantitative estimate of drug-likeness (QED) is 0.211. The lowest BCUT2D eigenvalue weighted by molar-refractivity contribution is -0.157. The van der Waals surface area contributed by atoms with Gasteiger partial charge in [-0.25, -0.2) is 14.4 Å². The van der Waals surface area contributed by atoms with Crippen LogP contribution < -0.4 is 16.0 Å². The van der Waals surface area contributed by atoms with Crippen LogP contribution in [-0.2, 0) is 44.7 Å². The highest BCUT2D eigenvalue weighted by Gasteiger charge is 2.37. The van der Waals surface area contributed by atoms with E-state index in [4.69, 9.17) is 14.2 Å². The third-order valence-corrected chi connectivity index (χ3v) is 4.66. The van der Waals surface area contributed by atoms with Crippen LogP contribution in [0.25, 0.3) is 0 Å². The molecule has 0 bridgehead atoms. The molecule has 1 rings (SSSR count). The first-order valence-corrected chi connectivity index (χ1v) is 12.2. The molecule has 1 aromatic rings. The van der Waals surface area contributed by atoms with Gasteiger partial charge in [0.15, 0.2) is 12.1 Å². The number of aliphatic hydroxyl groups excluding tert-OH is 1. The number of hydrogen-bond donors (Lipinski definition) is 4. The summed E-state index contributed by atoms with van der Waals surface area (Å²) in [4.78, 5) is 62.2. The molecule has 4 N–H and O–H groups in total. The summed E-state index contributed by atoms with van der Waals surface area (Å²) < 4.78 is 20.5. The summed E-state index contributed by atoms with van der Waals surface area (Å²) in [5, 5.41) is 17.1. The number of carbonyl (C=O) groups excluding carboxylic acids is 5. The van der Waals surface area contributed by atoms with Crippen molar-refractivity contribution in [2.24, 2.45) is 0 Å². The van der Waals surface area contributed by atoms with Crippen LogP contribution in [0.3, 0.4) is 0 Å². The van der Waals surface area contributed by atoms with Crippen molar-refractivity contribution < 1.29 is 48.0 Å². The molecule has 0 aliphatic carbocycles. The van der Waals surface area contributed by atoms with Gasteiger partial charge >= 0.3 is 18.0 Å². The molecule has 13 heteroatoms. The molecule has 218 valence electrons. The molecule has 39 heavy (non-hydrogen) atoms. The van der Waals surface area contributed by atoms with E-state index in [1.807, 2.05) is 0 Å². The van der Waals surface area contributed by atoms with Crippen LogP contribution in [0.1, 0.15) is 47.1 Å². The topological polar surface area (TPSA) is 179 Å². The number of rotatable bonds is 12. The van der Waals surface area contributed by atoms with Crippen LogP contribution in [0.5, 0.6) is 0 Å². The molecular weight excluding hydrogens is 514 g/mol. The van der Waals surface area contributed by atoms with Gasteiger partial charge in [-0.15, -0.1) is 0 Å². The fraction of sp³-hybridized carbons (Fsp3) is 0.577. The fourth-order valence-corrected chi connectivity index (χ4v) is 2.83. The average molecular weight is 554 g/mol. The fourth-order valence-electron chi connectivity index (χ4n) is 2.83.